The third-order valence-electron chi connectivity index (χ3n) is 2.78. The van der Waals surface area contributed by atoms with E-state index in [0.717, 1.165) is 12.8 Å². The molecule has 0 heterocycles. The van der Waals surface area contributed by atoms with E-state index >= 15 is 0 Å². The number of rotatable bonds is 5. The summed E-state index contributed by atoms with van der Waals surface area (Å²) in [5.74, 6) is -0.388. The van der Waals surface area contributed by atoms with E-state index in [1.165, 1.54) is 0 Å². The minimum Gasteiger partial charge on any atom is -0.349 e. The first kappa shape index (κ1) is 13.8. The zero-order chi connectivity index (χ0) is 13.8. The van der Waals surface area contributed by atoms with Gasteiger partial charge in [0.25, 0.3) is 5.91 Å². The number of halogens is 1. The first-order valence-corrected chi connectivity index (χ1v) is 6.58. The van der Waals surface area contributed by atoms with Crippen LogP contribution in [-0.4, -0.2) is 24.4 Å². The van der Waals surface area contributed by atoms with Gasteiger partial charge in [0, 0.05) is 24.7 Å². The van der Waals surface area contributed by atoms with Gasteiger partial charge in [-0.2, -0.15) is 0 Å². The molecule has 0 aliphatic heterocycles. The van der Waals surface area contributed by atoms with Crippen LogP contribution in [-0.2, 0) is 4.79 Å². The minimum atomic E-state index is -0.206. The number of amides is 2. The van der Waals surface area contributed by atoms with Crippen molar-refractivity contribution in [2.24, 2.45) is 5.73 Å². The highest BCUT2D eigenvalue weighted by Crippen LogP contribution is 2.23. The average Bonchev–Trinajstić information content (AvgIpc) is 3.15. The van der Waals surface area contributed by atoms with Crippen LogP contribution in [0.4, 0.5) is 5.69 Å². The highest BCUT2D eigenvalue weighted by atomic mass is 35.5. The fourth-order valence-electron chi connectivity index (χ4n) is 1.62. The average molecular weight is 282 g/mol. The van der Waals surface area contributed by atoms with Crippen LogP contribution in [0.3, 0.4) is 0 Å². The normalized spacial score (nSPS) is 14.0. The Morgan fingerprint density at radius 2 is 2.11 bits per heavy atom. The van der Waals surface area contributed by atoms with Crippen molar-refractivity contribution >= 4 is 29.1 Å². The van der Waals surface area contributed by atoms with E-state index < -0.39 is 0 Å². The predicted molar refractivity (Wildman–Crippen MR) is 74.2 cm³/mol. The van der Waals surface area contributed by atoms with Crippen LogP contribution in [0.5, 0.6) is 0 Å². The van der Waals surface area contributed by atoms with E-state index in [1.54, 1.807) is 18.2 Å². The molecule has 0 saturated heterocycles. The van der Waals surface area contributed by atoms with Gasteiger partial charge in [0.1, 0.15) is 0 Å². The molecule has 1 aromatic rings. The SMILES string of the molecule is NCCC(=O)Nc1ccc(Cl)c(C(=O)NC2CC2)c1. The Bertz CT molecular complexity index is 501. The van der Waals surface area contributed by atoms with Crippen LogP contribution >= 0.6 is 11.6 Å². The van der Waals surface area contributed by atoms with Crippen molar-refractivity contribution in [2.75, 3.05) is 11.9 Å². The second-order valence-electron chi connectivity index (χ2n) is 4.53. The molecule has 1 saturated carbocycles. The Labute approximate surface area is 116 Å². The largest absolute Gasteiger partial charge is 0.349 e. The Morgan fingerprint density at radius 3 is 2.74 bits per heavy atom. The Morgan fingerprint density at radius 1 is 1.37 bits per heavy atom. The molecule has 0 spiro atoms. The smallest absolute Gasteiger partial charge is 0.253 e. The molecule has 19 heavy (non-hydrogen) atoms. The number of benzene rings is 1. The van der Waals surface area contributed by atoms with Crippen LogP contribution in [0, 0.1) is 0 Å². The lowest BCUT2D eigenvalue weighted by Crippen LogP contribution is -2.26. The Kier molecular flexibility index (Phi) is 4.39. The van der Waals surface area contributed by atoms with Crippen molar-refractivity contribution in [1.29, 1.82) is 0 Å². The van der Waals surface area contributed by atoms with Gasteiger partial charge in [-0.15, -0.1) is 0 Å². The number of nitrogens with one attached hydrogen (secondary N) is 2. The number of hydrogen-bond donors (Lipinski definition) is 3. The quantitative estimate of drug-likeness (QED) is 0.765. The first-order valence-electron chi connectivity index (χ1n) is 6.20. The second kappa shape index (κ2) is 6.04. The Balaban J connectivity index is 2.09. The zero-order valence-electron chi connectivity index (χ0n) is 10.4. The van der Waals surface area contributed by atoms with E-state index in [1.807, 2.05) is 0 Å². The molecule has 0 bridgehead atoms. The molecule has 0 unspecified atom stereocenters. The summed E-state index contributed by atoms with van der Waals surface area (Å²) >= 11 is 6.00. The maximum absolute atomic E-state index is 12.0. The summed E-state index contributed by atoms with van der Waals surface area (Å²) < 4.78 is 0. The third-order valence-corrected chi connectivity index (χ3v) is 3.11. The monoisotopic (exact) mass is 281 g/mol. The standard InChI is InChI=1S/C13H16ClN3O2/c14-11-4-3-9(16-12(18)5-6-15)7-10(11)13(19)17-8-1-2-8/h3-4,7-8H,1-2,5-6,15H2,(H,16,18)(H,17,19). The molecule has 102 valence electrons. The summed E-state index contributed by atoms with van der Waals surface area (Å²) in [4.78, 5) is 23.4. The van der Waals surface area contributed by atoms with Crippen LogP contribution in [0.2, 0.25) is 5.02 Å². The van der Waals surface area contributed by atoms with Crippen molar-refractivity contribution in [3.63, 3.8) is 0 Å². The number of carbonyl (C=O) groups excluding carboxylic acids is 2. The molecule has 0 radical (unpaired) electrons. The van der Waals surface area contributed by atoms with E-state index in [0.29, 0.717) is 16.3 Å². The Hall–Kier alpha value is -1.59. The fourth-order valence-corrected chi connectivity index (χ4v) is 1.83. The number of anilines is 1. The highest BCUT2D eigenvalue weighted by molar-refractivity contribution is 6.34. The van der Waals surface area contributed by atoms with E-state index in [9.17, 15) is 9.59 Å². The minimum absolute atomic E-state index is 0.182. The summed E-state index contributed by atoms with van der Waals surface area (Å²) in [5, 5.41) is 5.91. The van der Waals surface area contributed by atoms with Crippen molar-refractivity contribution in [2.45, 2.75) is 25.3 Å². The summed E-state index contributed by atoms with van der Waals surface area (Å²) in [6.07, 6.45) is 2.26. The molecular weight excluding hydrogens is 266 g/mol. The fraction of sp³-hybridized carbons (Fsp3) is 0.385. The van der Waals surface area contributed by atoms with Crippen LogP contribution < -0.4 is 16.4 Å². The molecule has 1 fully saturated rings. The van der Waals surface area contributed by atoms with Gasteiger partial charge in [-0.3, -0.25) is 9.59 Å². The van der Waals surface area contributed by atoms with Crippen LogP contribution in [0.25, 0.3) is 0 Å². The molecule has 2 rings (SSSR count). The van der Waals surface area contributed by atoms with Crippen LogP contribution in [0.1, 0.15) is 29.6 Å². The molecule has 1 aliphatic rings. The zero-order valence-corrected chi connectivity index (χ0v) is 11.2. The van der Waals surface area contributed by atoms with Crippen molar-refractivity contribution in [3.05, 3.63) is 28.8 Å². The topological polar surface area (TPSA) is 84.2 Å². The predicted octanol–water partition coefficient (Wildman–Crippen LogP) is 1.52. The van der Waals surface area contributed by atoms with Crippen LogP contribution in [0.15, 0.2) is 18.2 Å². The lowest BCUT2D eigenvalue weighted by atomic mass is 10.1. The molecular formula is C13H16ClN3O2. The molecule has 0 aromatic heterocycles. The number of nitrogens with two attached hydrogens (primary N) is 1. The molecule has 4 N–H and O–H groups in total. The molecule has 0 atom stereocenters. The maximum Gasteiger partial charge on any atom is 0.253 e. The summed E-state index contributed by atoms with van der Waals surface area (Å²) in [6.45, 7) is 0.286. The van der Waals surface area contributed by atoms with Gasteiger partial charge in [-0.25, -0.2) is 0 Å². The van der Waals surface area contributed by atoms with E-state index in [4.69, 9.17) is 17.3 Å². The molecule has 1 aliphatic carbocycles. The molecule has 5 nitrogen and oxygen atoms in total. The van der Waals surface area contributed by atoms with Gasteiger partial charge in [-0.1, -0.05) is 11.6 Å². The summed E-state index contributed by atoms with van der Waals surface area (Å²) in [7, 11) is 0. The number of carbonyl (C=O) groups is 2. The van der Waals surface area contributed by atoms with Gasteiger partial charge < -0.3 is 16.4 Å². The third kappa shape index (κ3) is 3.94. The van der Waals surface area contributed by atoms with Gasteiger partial charge in [0.15, 0.2) is 0 Å². The van der Waals surface area contributed by atoms with Gasteiger partial charge in [-0.05, 0) is 31.0 Å². The van der Waals surface area contributed by atoms with Gasteiger partial charge in [0.05, 0.1) is 10.6 Å². The summed E-state index contributed by atoms with van der Waals surface area (Å²) in [5.41, 5.74) is 6.22. The van der Waals surface area contributed by atoms with Crippen molar-refractivity contribution < 1.29 is 9.59 Å². The lowest BCUT2D eigenvalue weighted by molar-refractivity contribution is -0.116. The molecule has 1 aromatic carbocycles. The van der Waals surface area contributed by atoms with Crippen molar-refractivity contribution in [3.8, 4) is 0 Å². The van der Waals surface area contributed by atoms with Gasteiger partial charge >= 0.3 is 0 Å². The van der Waals surface area contributed by atoms with Gasteiger partial charge in [0.2, 0.25) is 5.91 Å². The van der Waals surface area contributed by atoms with E-state index in [2.05, 4.69) is 10.6 Å². The molecule has 2 amide bonds. The lowest BCUT2D eigenvalue weighted by Gasteiger charge is -2.09. The first-order chi connectivity index (χ1) is 9.10. The highest BCUT2D eigenvalue weighted by Gasteiger charge is 2.24. The second-order valence-corrected chi connectivity index (χ2v) is 4.94. The maximum atomic E-state index is 12.0. The number of hydrogen-bond acceptors (Lipinski definition) is 3. The van der Waals surface area contributed by atoms with Crippen molar-refractivity contribution in [1.82, 2.24) is 5.32 Å². The van der Waals surface area contributed by atoms with E-state index in [-0.39, 0.29) is 30.8 Å². The summed E-state index contributed by atoms with van der Waals surface area (Å²) in [6, 6.07) is 5.10. The molecule has 6 heteroatoms.